The summed E-state index contributed by atoms with van der Waals surface area (Å²) in [6.45, 7) is 7.66. The monoisotopic (exact) mass is 404 g/mol. The van der Waals surface area contributed by atoms with Gasteiger partial charge in [0, 0.05) is 5.41 Å². The SMILES string of the molecule is CC1(C2=CC=C3[C@@H]4CC[C@H]5C[C@@H](O)CC[C@]5(C)[C@H]4CC[C@@]32C)SCCCS1. The molecule has 0 aromatic heterocycles. The van der Waals surface area contributed by atoms with Gasteiger partial charge in [0.25, 0.3) is 0 Å². The van der Waals surface area contributed by atoms with E-state index in [0.717, 1.165) is 30.6 Å². The van der Waals surface area contributed by atoms with Crippen molar-refractivity contribution in [3.63, 3.8) is 0 Å². The van der Waals surface area contributed by atoms with Crippen LogP contribution in [0.1, 0.15) is 72.1 Å². The molecule has 0 spiro atoms. The summed E-state index contributed by atoms with van der Waals surface area (Å²) in [6, 6.07) is 0. The zero-order chi connectivity index (χ0) is 18.9. The van der Waals surface area contributed by atoms with E-state index in [0.29, 0.717) is 10.8 Å². The molecule has 1 aliphatic heterocycles. The molecule has 6 atom stereocenters. The topological polar surface area (TPSA) is 20.2 Å². The summed E-state index contributed by atoms with van der Waals surface area (Å²) >= 11 is 4.40. The molecule has 0 amide bonds. The van der Waals surface area contributed by atoms with Gasteiger partial charge in [0.15, 0.2) is 0 Å². The Balaban J connectivity index is 1.43. The quantitative estimate of drug-likeness (QED) is 0.543. The molecule has 0 aromatic rings. The third-order valence-corrected chi connectivity index (χ3v) is 12.4. The first-order chi connectivity index (χ1) is 12.9. The lowest BCUT2D eigenvalue weighted by Gasteiger charge is -2.60. The lowest BCUT2D eigenvalue weighted by molar-refractivity contribution is -0.0795. The molecule has 4 aliphatic carbocycles. The zero-order valence-corrected chi connectivity index (χ0v) is 18.9. The summed E-state index contributed by atoms with van der Waals surface area (Å²) in [7, 11) is 0. The fourth-order valence-corrected chi connectivity index (χ4v) is 10.9. The Morgan fingerprint density at radius 3 is 2.52 bits per heavy atom. The lowest BCUT2D eigenvalue weighted by Crippen LogP contribution is -2.52. The van der Waals surface area contributed by atoms with Gasteiger partial charge in [0.2, 0.25) is 0 Å². The van der Waals surface area contributed by atoms with Gasteiger partial charge in [-0.1, -0.05) is 31.6 Å². The van der Waals surface area contributed by atoms with Crippen molar-refractivity contribution < 1.29 is 5.11 Å². The summed E-state index contributed by atoms with van der Waals surface area (Å²) in [4.78, 5) is 0. The molecular formula is C24H36OS2. The number of thioether (sulfide) groups is 2. The van der Waals surface area contributed by atoms with Crippen LogP contribution in [0, 0.1) is 28.6 Å². The van der Waals surface area contributed by atoms with Crippen LogP contribution in [0.15, 0.2) is 23.3 Å². The molecule has 4 fully saturated rings. The molecule has 3 saturated carbocycles. The van der Waals surface area contributed by atoms with Crippen LogP contribution in [0.3, 0.4) is 0 Å². The minimum atomic E-state index is -0.0345. The van der Waals surface area contributed by atoms with Crippen molar-refractivity contribution in [2.75, 3.05) is 11.5 Å². The Morgan fingerprint density at radius 1 is 0.963 bits per heavy atom. The minimum Gasteiger partial charge on any atom is -0.393 e. The standard InChI is InChI=1S/C24H36OS2/c1-22-11-9-17(25)15-16(22)5-6-18-19-7-8-21(23(19,2)12-10-20(18)22)24(3)26-13-4-14-27-24/h7-8,16-18,20,25H,4-6,9-15H2,1-3H3/t16-,17-,18-,20-,22-,23-/m0/s1. The molecule has 3 heteroatoms. The van der Waals surface area contributed by atoms with Crippen molar-refractivity contribution in [3.8, 4) is 0 Å². The van der Waals surface area contributed by atoms with E-state index in [1.165, 1.54) is 50.0 Å². The van der Waals surface area contributed by atoms with Gasteiger partial charge in [0.1, 0.15) is 0 Å². The van der Waals surface area contributed by atoms with Gasteiger partial charge in [-0.15, -0.1) is 23.5 Å². The van der Waals surface area contributed by atoms with Crippen LogP contribution in [-0.4, -0.2) is 26.8 Å². The van der Waals surface area contributed by atoms with Crippen LogP contribution >= 0.6 is 23.5 Å². The second-order valence-corrected chi connectivity index (χ2v) is 13.8. The van der Waals surface area contributed by atoms with Gasteiger partial charge in [-0.2, -0.15) is 0 Å². The zero-order valence-electron chi connectivity index (χ0n) is 17.3. The largest absolute Gasteiger partial charge is 0.393 e. The first-order valence-electron chi connectivity index (χ1n) is 11.3. The fraction of sp³-hybridized carbons (Fsp3) is 0.833. The minimum absolute atomic E-state index is 0.0345. The van der Waals surface area contributed by atoms with Gasteiger partial charge in [-0.3, -0.25) is 0 Å². The Hall–Kier alpha value is 0.140. The van der Waals surface area contributed by atoms with E-state index in [1.807, 2.05) is 0 Å². The van der Waals surface area contributed by atoms with Crippen LogP contribution in [-0.2, 0) is 0 Å². The number of allylic oxidation sites excluding steroid dienone is 3. The predicted molar refractivity (Wildman–Crippen MR) is 119 cm³/mol. The Morgan fingerprint density at radius 2 is 1.74 bits per heavy atom. The molecular weight excluding hydrogens is 368 g/mol. The smallest absolute Gasteiger partial charge is 0.0803 e. The Kier molecular flexibility index (Phi) is 4.65. The normalized spacial score (nSPS) is 48.7. The second kappa shape index (κ2) is 6.57. The van der Waals surface area contributed by atoms with Crippen LogP contribution < -0.4 is 0 Å². The summed E-state index contributed by atoms with van der Waals surface area (Å²) in [5, 5.41) is 10.2. The highest BCUT2D eigenvalue weighted by Gasteiger charge is 2.58. The van der Waals surface area contributed by atoms with E-state index >= 15 is 0 Å². The van der Waals surface area contributed by atoms with Crippen molar-refractivity contribution >= 4 is 23.5 Å². The van der Waals surface area contributed by atoms with E-state index in [-0.39, 0.29) is 10.2 Å². The number of fused-ring (bicyclic) bond motifs is 5. The number of rotatable bonds is 1. The van der Waals surface area contributed by atoms with E-state index in [1.54, 1.807) is 11.1 Å². The first-order valence-corrected chi connectivity index (χ1v) is 13.2. The van der Waals surface area contributed by atoms with Crippen LogP contribution in [0.4, 0.5) is 0 Å². The third kappa shape index (κ3) is 2.77. The van der Waals surface area contributed by atoms with Gasteiger partial charge in [-0.05, 0) is 98.5 Å². The average molecular weight is 405 g/mol. The van der Waals surface area contributed by atoms with E-state index in [4.69, 9.17) is 0 Å². The third-order valence-electron chi connectivity index (χ3n) is 9.21. The van der Waals surface area contributed by atoms with Crippen molar-refractivity contribution in [1.29, 1.82) is 0 Å². The molecule has 1 heterocycles. The fourth-order valence-electron chi connectivity index (χ4n) is 7.67. The molecule has 0 aromatic carbocycles. The summed E-state index contributed by atoms with van der Waals surface area (Å²) in [5.74, 6) is 5.02. The van der Waals surface area contributed by atoms with Gasteiger partial charge < -0.3 is 5.11 Å². The highest BCUT2D eigenvalue weighted by molar-refractivity contribution is 8.19. The molecule has 5 rings (SSSR count). The summed E-state index contributed by atoms with van der Waals surface area (Å²) < 4.78 is 0.286. The maximum absolute atomic E-state index is 10.2. The van der Waals surface area contributed by atoms with Crippen molar-refractivity contribution in [2.45, 2.75) is 82.3 Å². The molecule has 0 radical (unpaired) electrons. The van der Waals surface area contributed by atoms with Crippen LogP contribution in [0.5, 0.6) is 0 Å². The highest BCUT2D eigenvalue weighted by atomic mass is 32.2. The second-order valence-electron chi connectivity index (χ2n) is 10.5. The molecule has 1 N–H and O–H groups in total. The Labute approximate surface area is 174 Å². The highest BCUT2D eigenvalue weighted by Crippen LogP contribution is 2.67. The predicted octanol–water partition coefficient (Wildman–Crippen LogP) is 6.43. The number of hydrogen-bond donors (Lipinski definition) is 1. The average Bonchev–Trinajstić information content (AvgIpc) is 3.01. The molecule has 1 nitrogen and oxygen atoms in total. The van der Waals surface area contributed by atoms with E-state index in [2.05, 4.69) is 56.4 Å². The van der Waals surface area contributed by atoms with Gasteiger partial charge >= 0.3 is 0 Å². The lowest BCUT2D eigenvalue weighted by atomic mass is 9.46. The first kappa shape index (κ1) is 19.1. The molecule has 0 unspecified atom stereocenters. The maximum Gasteiger partial charge on any atom is 0.0803 e. The van der Waals surface area contributed by atoms with Crippen LogP contribution in [0.2, 0.25) is 0 Å². The van der Waals surface area contributed by atoms with Gasteiger partial charge in [-0.25, -0.2) is 0 Å². The molecule has 150 valence electrons. The van der Waals surface area contributed by atoms with Crippen LogP contribution in [0.25, 0.3) is 0 Å². The number of aliphatic hydroxyl groups excluding tert-OH is 1. The summed E-state index contributed by atoms with van der Waals surface area (Å²) in [5.41, 5.74) is 4.28. The maximum atomic E-state index is 10.2. The number of aliphatic hydroxyl groups is 1. The Bertz CT molecular complexity index is 676. The van der Waals surface area contributed by atoms with Crippen molar-refractivity contribution in [3.05, 3.63) is 23.3 Å². The van der Waals surface area contributed by atoms with Crippen molar-refractivity contribution in [1.82, 2.24) is 0 Å². The van der Waals surface area contributed by atoms with Gasteiger partial charge in [0.05, 0.1) is 10.2 Å². The molecule has 0 bridgehead atoms. The number of hydrogen-bond acceptors (Lipinski definition) is 3. The van der Waals surface area contributed by atoms with E-state index in [9.17, 15) is 5.11 Å². The molecule has 1 saturated heterocycles. The van der Waals surface area contributed by atoms with Crippen molar-refractivity contribution in [2.24, 2.45) is 28.6 Å². The molecule has 5 aliphatic rings. The molecule has 27 heavy (non-hydrogen) atoms. The summed E-state index contributed by atoms with van der Waals surface area (Å²) in [6.07, 6.45) is 15.2. The van der Waals surface area contributed by atoms with E-state index < -0.39 is 0 Å².